The number of amides is 2. The number of hydrogen-bond acceptors (Lipinski definition) is 3. The molecule has 20 heavy (non-hydrogen) atoms. The van der Waals surface area contributed by atoms with Crippen LogP contribution in [0.15, 0.2) is 16.5 Å². The number of carboxylic acid groups (broad SMARTS) is 1. The molecule has 1 rings (SSSR count). The fraction of sp³-hybridized carbons (Fsp3) is 0.571. The Kier molecular flexibility index (Phi) is 5.61. The third-order valence-electron chi connectivity index (χ3n) is 2.84. The molecule has 0 spiro atoms. The Bertz CT molecular complexity index is 467. The Morgan fingerprint density at radius 1 is 1.40 bits per heavy atom. The number of nitrogens with one attached hydrogen (secondary N) is 1. The Labute approximate surface area is 118 Å². The molecule has 0 saturated carbocycles. The van der Waals surface area contributed by atoms with Crippen molar-refractivity contribution in [1.82, 2.24) is 10.2 Å². The van der Waals surface area contributed by atoms with Crippen LogP contribution in [-0.2, 0) is 11.3 Å². The van der Waals surface area contributed by atoms with E-state index in [9.17, 15) is 9.59 Å². The molecule has 0 aliphatic carbocycles. The van der Waals surface area contributed by atoms with Crippen molar-refractivity contribution in [1.29, 1.82) is 0 Å². The molecule has 0 bridgehead atoms. The number of carboxylic acids is 1. The number of aliphatic carboxylic acids is 1. The predicted molar refractivity (Wildman–Crippen MR) is 74.3 cm³/mol. The largest absolute Gasteiger partial charge is 0.480 e. The molecular formula is C14H22N2O4. The van der Waals surface area contributed by atoms with Gasteiger partial charge >= 0.3 is 12.0 Å². The standard InChI is InChI=1S/C14H22N2O4/c1-9(2)7-12(13(17)18)15-14(19)16(4)8-11-6-5-10(3)20-11/h5-6,9,12H,7-8H2,1-4H3,(H,15,19)(H,17,18). The maximum Gasteiger partial charge on any atom is 0.326 e. The first-order valence-electron chi connectivity index (χ1n) is 6.59. The monoisotopic (exact) mass is 282 g/mol. The van der Waals surface area contributed by atoms with Crippen LogP contribution in [0, 0.1) is 12.8 Å². The lowest BCUT2D eigenvalue weighted by atomic mass is 10.0. The van der Waals surface area contributed by atoms with Crippen molar-refractivity contribution in [2.75, 3.05) is 7.05 Å². The molecule has 1 aromatic rings. The lowest BCUT2D eigenvalue weighted by Crippen LogP contribution is -2.46. The molecule has 0 aliphatic rings. The first-order valence-corrected chi connectivity index (χ1v) is 6.59. The second kappa shape index (κ2) is 6.98. The molecule has 2 N–H and O–H groups in total. The summed E-state index contributed by atoms with van der Waals surface area (Å²) in [4.78, 5) is 24.5. The second-order valence-electron chi connectivity index (χ2n) is 5.34. The van der Waals surface area contributed by atoms with E-state index in [0.717, 1.165) is 5.76 Å². The first-order chi connectivity index (χ1) is 9.29. The summed E-state index contributed by atoms with van der Waals surface area (Å²) in [5, 5.41) is 11.6. The van der Waals surface area contributed by atoms with Gasteiger partial charge in [0.2, 0.25) is 0 Å². The van der Waals surface area contributed by atoms with Crippen molar-refractivity contribution in [2.45, 2.75) is 39.8 Å². The van der Waals surface area contributed by atoms with E-state index in [2.05, 4.69) is 5.32 Å². The van der Waals surface area contributed by atoms with Gasteiger partial charge in [0.05, 0.1) is 6.54 Å². The van der Waals surface area contributed by atoms with Crippen LogP contribution < -0.4 is 5.32 Å². The molecule has 0 aromatic carbocycles. The highest BCUT2D eigenvalue weighted by Gasteiger charge is 2.23. The zero-order chi connectivity index (χ0) is 15.3. The van der Waals surface area contributed by atoms with Crippen LogP contribution in [-0.4, -0.2) is 35.1 Å². The minimum absolute atomic E-state index is 0.189. The Morgan fingerprint density at radius 2 is 2.05 bits per heavy atom. The first kappa shape index (κ1) is 16.1. The molecule has 0 saturated heterocycles. The number of carbonyl (C=O) groups is 2. The maximum absolute atomic E-state index is 12.0. The van der Waals surface area contributed by atoms with Gasteiger partial charge in [-0.3, -0.25) is 0 Å². The number of aryl methyl sites for hydroxylation is 1. The summed E-state index contributed by atoms with van der Waals surface area (Å²) in [6.45, 7) is 5.95. The fourth-order valence-corrected chi connectivity index (χ4v) is 1.83. The summed E-state index contributed by atoms with van der Waals surface area (Å²) < 4.78 is 5.38. The van der Waals surface area contributed by atoms with Gasteiger partial charge in [-0.2, -0.15) is 0 Å². The van der Waals surface area contributed by atoms with Gasteiger partial charge in [0, 0.05) is 7.05 Å². The molecule has 6 nitrogen and oxygen atoms in total. The summed E-state index contributed by atoms with van der Waals surface area (Å²) in [5.74, 6) is 0.608. The lowest BCUT2D eigenvalue weighted by Gasteiger charge is -2.21. The van der Waals surface area contributed by atoms with Crippen LogP contribution in [0.2, 0.25) is 0 Å². The Morgan fingerprint density at radius 3 is 2.50 bits per heavy atom. The zero-order valence-electron chi connectivity index (χ0n) is 12.3. The highest BCUT2D eigenvalue weighted by Crippen LogP contribution is 2.10. The van der Waals surface area contributed by atoms with Crippen molar-refractivity contribution < 1.29 is 19.1 Å². The molecule has 1 unspecified atom stereocenters. The van der Waals surface area contributed by atoms with Gasteiger partial charge in [-0.15, -0.1) is 0 Å². The third-order valence-corrected chi connectivity index (χ3v) is 2.84. The zero-order valence-corrected chi connectivity index (χ0v) is 12.3. The minimum atomic E-state index is -1.02. The number of nitrogens with zero attached hydrogens (tertiary/aromatic N) is 1. The molecule has 6 heteroatoms. The van der Waals surface area contributed by atoms with E-state index < -0.39 is 18.0 Å². The van der Waals surface area contributed by atoms with Gasteiger partial charge < -0.3 is 19.7 Å². The Balaban J connectivity index is 2.57. The van der Waals surface area contributed by atoms with Crippen molar-refractivity contribution in [3.05, 3.63) is 23.7 Å². The summed E-state index contributed by atoms with van der Waals surface area (Å²) in [5.41, 5.74) is 0. The molecular weight excluding hydrogens is 260 g/mol. The van der Waals surface area contributed by atoms with Gasteiger partial charge in [-0.1, -0.05) is 13.8 Å². The quantitative estimate of drug-likeness (QED) is 0.838. The summed E-state index contributed by atoms with van der Waals surface area (Å²) in [7, 11) is 1.60. The van der Waals surface area contributed by atoms with E-state index in [1.807, 2.05) is 26.8 Å². The van der Waals surface area contributed by atoms with Gasteiger partial charge in [0.15, 0.2) is 0 Å². The van der Waals surface area contributed by atoms with E-state index >= 15 is 0 Å². The highest BCUT2D eigenvalue weighted by molar-refractivity contribution is 5.82. The lowest BCUT2D eigenvalue weighted by molar-refractivity contribution is -0.139. The average Bonchev–Trinajstić information content (AvgIpc) is 2.72. The molecule has 0 fully saturated rings. The van der Waals surface area contributed by atoms with Crippen LogP contribution in [0.1, 0.15) is 31.8 Å². The fourth-order valence-electron chi connectivity index (χ4n) is 1.83. The predicted octanol–water partition coefficient (Wildman–Crippen LogP) is 2.23. The molecule has 1 atom stereocenters. The van der Waals surface area contributed by atoms with Crippen LogP contribution in [0.3, 0.4) is 0 Å². The van der Waals surface area contributed by atoms with Crippen LogP contribution in [0.5, 0.6) is 0 Å². The summed E-state index contributed by atoms with van der Waals surface area (Å²) in [6, 6.07) is 2.32. The van der Waals surface area contributed by atoms with Gasteiger partial charge in [-0.05, 0) is 31.4 Å². The minimum Gasteiger partial charge on any atom is -0.480 e. The molecule has 112 valence electrons. The molecule has 2 amide bonds. The van der Waals surface area contributed by atoms with Crippen molar-refractivity contribution >= 4 is 12.0 Å². The van der Waals surface area contributed by atoms with E-state index in [1.165, 1.54) is 4.90 Å². The highest BCUT2D eigenvalue weighted by atomic mass is 16.4. The number of hydrogen-bond donors (Lipinski definition) is 2. The van der Waals surface area contributed by atoms with Crippen LogP contribution >= 0.6 is 0 Å². The maximum atomic E-state index is 12.0. The summed E-state index contributed by atoms with van der Waals surface area (Å²) in [6.07, 6.45) is 0.398. The van der Waals surface area contributed by atoms with Crippen molar-refractivity contribution in [3.8, 4) is 0 Å². The van der Waals surface area contributed by atoms with E-state index in [0.29, 0.717) is 18.7 Å². The van der Waals surface area contributed by atoms with E-state index in [1.54, 1.807) is 13.1 Å². The summed E-state index contributed by atoms with van der Waals surface area (Å²) >= 11 is 0. The molecule has 0 aliphatic heterocycles. The second-order valence-corrected chi connectivity index (χ2v) is 5.34. The van der Waals surface area contributed by atoms with Crippen molar-refractivity contribution in [3.63, 3.8) is 0 Å². The Hall–Kier alpha value is -1.98. The topological polar surface area (TPSA) is 82.8 Å². The molecule has 0 radical (unpaired) electrons. The van der Waals surface area contributed by atoms with Crippen LogP contribution in [0.25, 0.3) is 0 Å². The number of furan rings is 1. The average molecular weight is 282 g/mol. The van der Waals surface area contributed by atoms with Gasteiger partial charge in [0.25, 0.3) is 0 Å². The smallest absolute Gasteiger partial charge is 0.326 e. The van der Waals surface area contributed by atoms with E-state index in [-0.39, 0.29) is 5.92 Å². The SMILES string of the molecule is Cc1ccc(CN(C)C(=O)NC(CC(C)C)C(=O)O)o1. The van der Waals surface area contributed by atoms with Crippen LogP contribution in [0.4, 0.5) is 4.79 Å². The number of carbonyl (C=O) groups excluding carboxylic acids is 1. The van der Waals surface area contributed by atoms with E-state index in [4.69, 9.17) is 9.52 Å². The third kappa shape index (κ3) is 4.95. The number of rotatable bonds is 6. The van der Waals surface area contributed by atoms with Gasteiger partial charge in [-0.25, -0.2) is 9.59 Å². The number of urea groups is 1. The molecule has 1 heterocycles. The molecule has 1 aromatic heterocycles. The van der Waals surface area contributed by atoms with Gasteiger partial charge in [0.1, 0.15) is 17.6 Å². The van der Waals surface area contributed by atoms with Crippen molar-refractivity contribution in [2.24, 2.45) is 5.92 Å². The normalized spacial score (nSPS) is 12.2.